The van der Waals surface area contributed by atoms with E-state index in [1.807, 2.05) is 49.4 Å². The summed E-state index contributed by atoms with van der Waals surface area (Å²) in [4.78, 5) is 21.1. The van der Waals surface area contributed by atoms with Crippen molar-refractivity contribution in [3.05, 3.63) is 59.9 Å². The Morgan fingerprint density at radius 2 is 1.93 bits per heavy atom. The molecule has 1 aromatic heterocycles. The van der Waals surface area contributed by atoms with Crippen molar-refractivity contribution in [1.82, 2.24) is 9.88 Å². The van der Waals surface area contributed by atoms with Gasteiger partial charge in [-0.25, -0.2) is 0 Å². The van der Waals surface area contributed by atoms with Gasteiger partial charge < -0.3 is 20.0 Å². The van der Waals surface area contributed by atoms with Crippen LogP contribution in [0.1, 0.15) is 35.8 Å². The normalized spacial score (nSPS) is 16.2. The van der Waals surface area contributed by atoms with E-state index >= 15 is 0 Å². The van der Waals surface area contributed by atoms with Gasteiger partial charge in [-0.3, -0.25) is 9.78 Å². The van der Waals surface area contributed by atoms with E-state index in [0.29, 0.717) is 44.7 Å². The zero-order valence-electron chi connectivity index (χ0n) is 15.7. The van der Waals surface area contributed by atoms with Gasteiger partial charge in [0.2, 0.25) is 0 Å². The van der Waals surface area contributed by atoms with Gasteiger partial charge in [-0.15, -0.1) is 0 Å². The van der Waals surface area contributed by atoms with Crippen molar-refractivity contribution in [2.75, 3.05) is 31.1 Å². The highest BCUT2D eigenvalue weighted by Gasteiger charge is 2.31. The molecule has 2 N–H and O–H groups in total. The number of pyridine rings is 1. The summed E-state index contributed by atoms with van der Waals surface area (Å²) in [6.07, 6.45) is 2.67. The minimum absolute atomic E-state index is 0.0907. The van der Waals surface area contributed by atoms with Gasteiger partial charge in [0.25, 0.3) is 5.91 Å². The fourth-order valence-electron chi connectivity index (χ4n) is 3.37. The average molecular weight is 369 g/mol. The molecule has 1 fully saturated rings. The van der Waals surface area contributed by atoms with Gasteiger partial charge in [0.1, 0.15) is 5.69 Å². The van der Waals surface area contributed by atoms with E-state index in [-0.39, 0.29) is 12.5 Å². The largest absolute Gasteiger partial charge is 0.393 e. The first-order valence-electron chi connectivity index (χ1n) is 9.42. The van der Waals surface area contributed by atoms with E-state index in [1.54, 1.807) is 11.1 Å². The van der Waals surface area contributed by atoms with Crippen LogP contribution in [-0.2, 0) is 6.54 Å². The Morgan fingerprint density at radius 3 is 2.56 bits per heavy atom. The molecule has 1 aliphatic heterocycles. The lowest BCUT2D eigenvalue weighted by atomic mass is 9.92. The molecular weight excluding hydrogens is 342 g/mol. The van der Waals surface area contributed by atoms with E-state index in [1.165, 1.54) is 0 Å². The number of rotatable bonds is 6. The zero-order chi connectivity index (χ0) is 19.3. The molecule has 1 amide bonds. The second-order valence-electron chi connectivity index (χ2n) is 7.07. The average Bonchev–Trinajstić information content (AvgIpc) is 2.73. The molecule has 0 bridgehead atoms. The number of anilines is 1. The van der Waals surface area contributed by atoms with Gasteiger partial charge in [-0.05, 0) is 37.5 Å². The van der Waals surface area contributed by atoms with Gasteiger partial charge >= 0.3 is 0 Å². The highest BCUT2D eigenvalue weighted by molar-refractivity contribution is 5.93. The highest BCUT2D eigenvalue weighted by atomic mass is 16.3. The van der Waals surface area contributed by atoms with Crippen molar-refractivity contribution in [1.29, 1.82) is 0 Å². The quantitative estimate of drug-likeness (QED) is 0.815. The minimum Gasteiger partial charge on any atom is -0.393 e. The van der Waals surface area contributed by atoms with Crippen molar-refractivity contribution < 1.29 is 15.0 Å². The summed E-state index contributed by atoms with van der Waals surface area (Å²) in [6, 6.07) is 13.6. The first-order valence-corrected chi connectivity index (χ1v) is 9.42. The van der Waals surface area contributed by atoms with Gasteiger partial charge in [0.15, 0.2) is 0 Å². The van der Waals surface area contributed by atoms with Crippen LogP contribution in [0.2, 0.25) is 0 Å². The number of nitrogens with zero attached hydrogens (tertiary/aromatic N) is 3. The third-order valence-corrected chi connectivity index (χ3v) is 5.20. The molecule has 0 unspecified atom stereocenters. The number of aliphatic hydroxyl groups excluding tert-OH is 1. The number of hydrogen-bond donors (Lipinski definition) is 2. The molecule has 0 saturated carbocycles. The number of carbonyl (C=O) groups is 1. The molecule has 2 heterocycles. The van der Waals surface area contributed by atoms with Crippen molar-refractivity contribution in [3.8, 4) is 0 Å². The minimum atomic E-state index is -0.989. The summed E-state index contributed by atoms with van der Waals surface area (Å²) >= 11 is 0. The molecule has 0 spiro atoms. The molecule has 6 nitrogen and oxygen atoms in total. The second kappa shape index (κ2) is 8.50. The number of hydrogen-bond acceptors (Lipinski definition) is 5. The van der Waals surface area contributed by atoms with E-state index in [9.17, 15) is 15.0 Å². The van der Waals surface area contributed by atoms with Crippen molar-refractivity contribution >= 4 is 11.6 Å². The maximum Gasteiger partial charge on any atom is 0.272 e. The smallest absolute Gasteiger partial charge is 0.272 e. The molecule has 0 atom stereocenters. The number of amides is 1. The van der Waals surface area contributed by atoms with Crippen LogP contribution >= 0.6 is 0 Å². The van der Waals surface area contributed by atoms with E-state index < -0.39 is 5.60 Å². The summed E-state index contributed by atoms with van der Waals surface area (Å²) in [5.41, 5.74) is 1.44. The molecule has 0 aliphatic carbocycles. The number of piperidine rings is 1. The Kier molecular flexibility index (Phi) is 6.08. The summed E-state index contributed by atoms with van der Waals surface area (Å²) < 4.78 is 0. The predicted molar refractivity (Wildman–Crippen MR) is 105 cm³/mol. The molecule has 2 aromatic rings. The van der Waals surface area contributed by atoms with Gasteiger partial charge in [0, 0.05) is 38.1 Å². The van der Waals surface area contributed by atoms with E-state index in [0.717, 1.165) is 11.3 Å². The lowest BCUT2D eigenvalue weighted by Crippen LogP contribution is -2.46. The lowest BCUT2D eigenvalue weighted by molar-refractivity contribution is -0.0325. The number of carbonyl (C=O) groups excluding carboxylic acids is 1. The predicted octanol–water partition coefficient (Wildman–Crippen LogP) is 2.07. The standard InChI is InChI=1S/C21H27N3O3/c1-2-23(15-17-6-4-3-5-7-17)20(26)19-14-18(8-11-22-19)24-12-9-21(27,16-25)10-13-24/h3-8,11,14,25,27H,2,9-10,12-13,15-16H2,1H3. The van der Waals surface area contributed by atoms with E-state index in [2.05, 4.69) is 9.88 Å². The Bertz CT molecular complexity index is 758. The highest BCUT2D eigenvalue weighted by Crippen LogP contribution is 2.26. The number of aromatic nitrogens is 1. The second-order valence-corrected chi connectivity index (χ2v) is 7.07. The van der Waals surface area contributed by atoms with Gasteiger partial charge in [-0.2, -0.15) is 0 Å². The molecule has 27 heavy (non-hydrogen) atoms. The fourth-order valence-corrected chi connectivity index (χ4v) is 3.37. The monoisotopic (exact) mass is 369 g/mol. The molecule has 6 heteroatoms. The summed E-state index contributed by atoms with van der Waals surface area (Å²) in [5, 5.41) is 19.5. The van der Waals surface area contributed by atoms with Crippen LogP contribution in [0, 0.1) is 0 Å². The van der Waals surface area contributed by atoms with Crippen LogP contribution in [0.3, 0.4) is 0 Å². The van der Waals surface area contributed by atoms with Gasteiger partial charge in [0.05, 0.1) is 12.2 Å². The Labute approximate surface area is 160 Å². The van der Waals surface area contributed by atoms with Crippen LogP contribution in [-0.4, -0.2) is 57.8 Å². The van der Waals surface area contributed by atoms with Crippen molar-refractivity contribution in [2.45, 2.75) is 31.9 Å². The molecule has 3 rings (SSSR count). The van der Waals surface area contributed by atoms with Crippen molar-refractivity contribution in [3.63, 3.8) is 0 Å². The van der Waals surface area contributed by atoms with Crippen LogP contribution < -0.4 is 4.90 Å². The van der Waals surface area contributed by atoms with Crippen LogP contribution in [0.25, 0.3) is 0 Å². The molecule has 0 radical (unpaired) electrons. The maximum absolute atomic E-state index is 12.9. The maximum atomic E-state index is 12.9. The third kappa shape index (κ3) is 4.64. The summed E-state index contributed by atoms with van der Waals surface area (Å²) in [7, 11) is 0. The zero-order valence-corrected chi connectivity index (χ0v) is 15.7. The summed E-state index contributed by atoms with van der Waals surface area (Å²) in [5.74, 6) is -0.0907. The van der Waals surface area contributed by atoms with Crippen molar-refractivity contribution in [2.24, 2.45) is 0 Å². The topological polar surface area (TPSA) is 76.9 Å². The number of aliphatic hydroxyl groups is 2. The fraction of sp³-hybridized carbons (Fsp3) is 0.429. The Hall–Kier alpha value is -2.44. The summed E-state index contributed by atoms with van der Waals surface area (Å²) in [6.45, 7) is 4.17. The molecule has 1 saturated heterocycles. The first kappa shape index (κ1) is 19.3. The number of benzene rings is 1. The van der Waals surface area contributed by atoms with Crippen LogP contribution in [0.15, 0.2) is 48.7 Å². The van der Waals surface area contributed by atoms with Crippen LogP contribution in [0.4, 0.5) is 5.69 Å². The van der Waals surface area contributed by atoms with Crippen LogP contribution in [0.5, 0.6) is 0 Å². The Balaban J connectivity index is 1.71. The Morgan fingerprint density at radius 1 is 1.22 bits per heavy atom. The molecule has 1 aliphatic rings. The van der Waals surface area contributed by atoms with Gasteiger partial charge in [-0.1, -0.05) is 30.3 Å². The SMILES string of the molecule is CCN(Cc1ccccc1)C(=O)c1cc(N2CCC(O)(CO)CC2)ccn1. The lowest BCUT2D eigenvalue weighted by Gasteiger charge is -2.38. The molecular formula is C21H27N3O3. The third-order valence-electron chi connectivity index (χ3n) is 5.20. The first-order chi connectivity index (χ1) is 13.0. The molecule has 144 valence electrons. The molecule has 1 aromatic carbocycles. The van der Waals surface area contributed by atoms with E-state index in [4.69, 9.17) is 0 Å².